The fourth-order valence-corrected chi connectivity index (χ4v) is 2.93. The van der Waals surface area contributed by atoms with Crippen molar-refractivity contribution in [3.63, 3.8) is 0 Å². The Morgan fingerprint density at radius 3 is 2.80 bits per heavy atom. The van der Waals surface area contributed by atoms with E-state index in [0.717, 1.165) is 10.9 Å². The molecule has 5 heteroatoms. The van der Waals surface area contributed by atoms with E-state index in [1.165, 1.54) is 0 Å². The number of nitrogens with zero attached hydrogens (tertiary/aromatic N) is 1. The van der Waals surface area contributed by atoms with E-state index in [9.17, 15) is 9.59 Å². The van der Waals surface area contributed by atoms with E-state index in [-0.39, 0.29) is 18.2 Å². The smallest absolute Gasteiger partial charge is 0.223 e. The normalized spacial score (nSPS) is 18.4. The third-order valence-electron chi connectivity index (χ3n) is 3.68. The van der Waals surface area contributed by atoms with Crippen LogP contribution >= 0.6 is 15.9 Å². The lowest BCUT2D eigenvalue weighted by Gasteiger charge is -2.15. The molecule has 0 spiro atoms. The summed E-state index contributed by atoms with van der Waals surface area (Å²) in [5.41, 5.74) is 0.588. The SMILES string of the molecule is CCC1CC(=O)N(CC(=O)c2ccc(OC)c(Br)c2)C1. The van der Waals surface area contributed by atoms with Gasteiger partial charge in [-0.15, -0.1) is 0 Å². The van der Waals surface area contributed by atoms with Gasteiger partial charge < -0.3 is 9.64 Å². The molecule has 0 aromatic heterocycles. The summed E-state index contributed by atoms with van der Waals surface area (Å²) in [4.78, 5) is 25.7. The zero-order valence-corrected chi connectivity index (χ0v) is 13.3. The van der Waals surface area contributed by atoms with E-state index >= 15 is 0 Å². The Balaban J connectivity index is 2.05. The van der Waals surface area contributed by atoms with Crippen molar-refractivity contribution in [2.24, 2.45) is 5.92 Å². The monoisotopic (exact) mass is 339 g/mol. The number of carbonyl (C=O) groups excluding carboxylic acids is 2. The first-order valence-electron chi connectivity index (χ1n) is 6.69. The van der Waals surface area contributed by atoms with Gasteiger partial charge in [0, 0.05) is 18.5 Å². The summed E-state index contributed by atoms with van der Waals surface area (Å²) >= 11 is 3.36. The summed E-state index contributed by atoms with van der Waals surface area (Å²) in [6, 6.07) is 5.21. The Bertz CT molecular complexity index is 530. The number of amides is 1. The van der Waals surface area contributed by atoms with Crippen molar-refractivity contribution in [1.82, 2.24) is 4.90 Å². The zero-order valence-electron chi connectivity index (χ0n) is 11.7. The number of likely N-dealkylation sites (tertiary alicyclic amines) is 1. The van der Waals surface area contributed by atoms with Crippen LogP contribution in [0.25, 0.3) is 0 Å². The van der Waals surface area contributed by atoms with Crippen LogP contribution in [0.3, 0.4) is 0 Å². The lowest BCUT2D eigenvalue weighted by molar-refractivity contribution is -0.127. The van der Waals surface area contributed by atoms with Gasteiger partial charge in [0.1, 0.15) is 5.75 Å². The largest absolute Gasteiger partial charge is 0.496 e. The van der Waals surface area contributed by atoms with Crippen LogP contribution in [0.15, 0.2) is 22.7 Å². The molecule has 1 aromatic rings. The second kappa shape index (κ2) is 6.39. The predicted octanol–water partition coefficient (Wildman–Crippen LogP) is 2.90. The summed E-state index contributed by atoms with van der Waals surface area (Å²) in [5.74, 6) is 1.11. The number of methoxy groups -OCH3 is 1. The van der Waals surface area contributed by atoms with Crippen molar-refractivity contribution >= 4 is 27.6 Å². The first kappa shape index (κ1) is 15.0. The average Bonchev–Trinajstić information content (AvgIpc) is 2.79. The summed E-state index contributed by atoms with van der Waals surface area (Å²) < 4.78 is 5.88. The van der Waals surface area contributed by atoms with Crippen molar-refractivity contribution in [2.75, 3.05) is 20.2 Å². The standard InChI is InChI=1S/C15H18BrNO3/c1-3-10-6-15(19)17(8-10)9-13(18)11-4-5-14(20-2)12(16)7-11/h4-5,7,10H,3,6,8-9H2,1-2H3. The second-order valence-corrected chi connectivity index (χ2v) is 5.88. The fourth-order valence-electron chi connectivity index (χ4n) is 2.38. The zero-order chi connectivity index (χ0) is 14.7. The van der Waals surface area contributed by atoms with Crippen molar-refractivity contribution in [3.8, 4) is 5.75 Å². The van der Waals surface area contributed by atoms with E-state index in [1.807, 2.05) is 0 Å². The summed E-state index contributed by atoms with van der Waals surface area (Å²) in [5, 5.41) is 0. The van der Waals surface area contributed by atoms with Crippen LogP contribution in [-0.2, 0) is 4.79 Å². The maximum absolute atomic E-state index is 12.2. The molecule has 0 saturated carbocycles. The molecule has 0 radical (unpaired) electrons. The molecule has 1 atom stereocenters. The van der Waals surface area contributed by atoms with Gasteiger partial charge in [0.2, 0.25) is 5.91 Å². The molecule has 1 heterocycles. The van der Waals surface area contributed by atoms with Crippen molar-refractivity contribution < 1.29 is 14.3 Å². The molecule has 0 aliphatic carbocycles. The van der Waals surface area contributed by atoms with Gasteiger partial charge in [0.25, 0.3) is 0 Å². The van der Waals surface area contributed by atoms with Crippen LogP contribution < -0.4 is 4.74 Å². The minimum Gasteiger partial charge on any atom is -0.496 e. The molecule has 1 saturated heterocycles. The number of rotatable bonds is 5. The number of ether oxygens (including phenoxy) is 1. The van der Waals surface area contributed by atoms with Crippen LogP contribution in [0.2, 0.25) is 0 Å². The number of hydrogen-bond acceptors (Lipinski definition) is 3. The summed E-state index contributed by atoms with van der Waals surface area (Å²) in [6.07, 6.45) is 1.54. The van der Waals surface area contributed by atoms with Gasteiger partial charge in [-0.3, -0.25) is 9.59 Å². The molecule has 1 aromatic carbocycles. The molecule has 1 amide bonds. The highest BCUT2D eigenvalue weighted by molar-refractivity contribution is 9.10. The number of benzene rings is 1. The van der Waals surface area contributed by atoms with Crippen LogP contribution in [0.5, 0.6) is 5.75 Å². The highest BCUT2D eigenvalue weighted by Crippen LogP contribution is 2.26. The maximum atomic E-state index is 12.2. The van der Waals surface area contributed by atoms with Gasteiger partial charge in [0.05, 0.1) is 18.1 Å². The van der Waals surface area contributed by atoms with Crippen LogP contribution in [0.1, 0.15) is 30.1 Å². The van der Waals surface area contributed by atoms with Gasteiger partial charge in [0.15, 0.2) is 5.78 Å². The summed E-state index contributed by atoms with van der Waals surface area (Å²) in [6.45, 7) is 2.93. The first-order valence-corrected chi connectivity index (χ1v) is 7.49. The van der Waals surface area contributed by atoms with Gasteiger partial charge in [-0.25, -0.2) is 0 Å². The van der Waals surface area contributed by atoms with Gasteiger partial charge in [-0.05, 0) is 40.0 Å². The van der Waals surface area contributed by atoms with Crippen LogP contribution in [0, 0.1) is 5.92 Å². The third-order valence-corrected chi connectivity index (χ3v) is 4.30. The van der Waals surface area contributed by atoms with E-state index < -0.39 is 0 Å². The second-order valence-electron chi connectivity index (χ2n) is 5.03. The molecule has 20 heavy (non-hydrogen) atoms. The first-order chi connectivity index (χ1) is 9.55. The highest BCUT2D eigenvalue weighted by atomic mass is 79.9. The number of Topliss-reactive ketones (excluding diaryl/α,β-unsaturated/α-hetero) is 1. The Morgan fingerprint density at radius 1 is 1.50 bits per heavy atom. The number of halogens is 1. The maximum Gasteiger partial charge on any atom is 0.223 e. The van der Waals surface area contributed by atoms with Crippen molar-refractivity contribution in [2.45, 2.75) is 19.8 Å². The van der Waals surface area contributed by atoms with E-state index in [1.54, 1.807) is 30.2 Å². The lowest BCUT2D eigenvalue weighted by atomic mass is 10.1. The molecule has 1 aliphatic heterocycles. The average molecular weight is 340 g/mol. The molecule has 1 aliphatic rings. The van der Waals surface area contributed by atoms with E-state index in [4.69, 9.17) is 4.74 Å². The minimum absolute atomic E-state index is 0.0431. The molecule has 1 unspecified atom stereocenters. The lowest BCUT2D eigenvalue weighted by Crippen LogP contribution is -2.31. The Hall–Kier alpha value is -1.36. The van der Waals surface area contributed by atoms with Crippen molar-refractivity contribution in [3.05, 3.63) is 28.2 Å². The number of carbonyl (C=O) groups is 2. The topological polar surface area (TPSA) is 46.6 Å². The van der Waals surface area contributed by atoms with Gasteiger partial charge in [-0.2, -0.15) is 0 Å². The van der Waals surface area contributed by atoms with Crippen LogP contribution in [0.4, 0.5) is 0 Å². The quantitative estimate of drug-likeness (QED) is 0.775. The fraction of sp³-hybridized carbons (Fsp3) is 0.467. The van der Waals surface area contributed by atoms with E-state index in [0.29, 0.717) is 30.2 Å². The molecule has 0 bridgehead atoms. The predicted molar refractivity (Wildman–Crippen MR) is 80.0 cm³/mol. The Kier molecular flexibility index (Phi) is 4.81. The van der Waals surface area contributed by atoms with E-state index in [2.05, 4.69) is 22.9 Å². The highest BCUT2D eigenvalue weighted by Gasteiger charge is 2.29. The van der Waals surface area contributed by atoms with Gasteiger partial charge in [-0.1, -0.05) is 13.3 Å². The molecule has 108 valence electrons. The third kappa shape index (κ3) is 3.20. The van der Waals surface area contributed by atoms with Crippen molar-refractivity contribution in [1.29, 1.82) is 0 Å². The Labute approximate surface area is 127 Å². The summed E-state index contributed by atoms with van der Waals surface area (Å²) in [7, 11) is 1.58. The molecular weight excluding hydrogens is 322 g/mol. The molecular formula is C15H18BrNO3. The molecule has 4 nitrogen and oxygen atoms in total. The van der Waals surface area contributed by atoms with Gasteiger partial charge >= 0.3 is 0 Å². The van der Waals surface area contributed by atoms with Crippen LogP contribution in [-0.4, -0.2) is 36.8 Å². The Morgan fingerprint density at radius 2 is 2.25 bits per heavy atom. The minimum atomic E-state index is -0.0431. The molecule has 0 N–H and O–H groups in total. The molecule has 1 fully saturated rings. The number of hydrogen-bond donors (Lipinski definition) is 0. The number of ketones is 1. The molecule has 2 rings (SSSR count).